The highest BCUT2D eigenvalue weighted by Crippen LogP contribution is 2.26. The maximum absolute atomic E-state index is 12.8. The van der Waals surface area contributed by atoms with Crippen molar-refractivity contribution in [2.45, 2.75) is 6.10 Å². The van der Waals surface area contributed by atoms with Gasteiger partial charge in [-0.3, -0.25) is 0 Å². The van der Waals surface area contributed by atoms with Crippen LogP contribution in [0.25, 0.3) is 22.1 Å². The Morgan fingerprint density at radius 3 is 2.08 bits per heavy atom. The third-order valence-corrected chi connectivity index (χ3v) is 3.66. The van der Waals surface area contributed by atoms with E-state index in [1.165, 1.54) is 25.3 Å². The first-order valence-electron chi connectivity index (χ1n) is 7.24. The second-order valence-corrected chi connectivity index (χ2v) is 5.19. The van der Waals surface area contributed by atoms with E-state index in [1.807, 2.05) is 0 Å². The van der Waals surface area contributed by atoms with Crippen molar-refractivity contribution in [3.8, 4) is 11.5 Å². The van der Waals surface area contributed by atoms with Gasteiger partial charge in [0, 0.05) is 12.1 Å². The van der Waals surface area contributed by atoms with E-state index in [0.717, 1.165) is 0 Å². The standard InChI is InChI=1S/C16H16N2O6/c1-23-13-6-2-4-11-15(13)17(21)12-5-3-7-14(16(12)18(11)22)24-9-10(20)8-19/h2-7,10,19-20H,8-9H2,1H3. The summed E-state index contributed by atoms with van der Waals surface area (Å²) in [4.78, 5) is 0. The zero-order chi connectivity index (χ0) is 17.3. The zero-order valence-electron chi connectivity index (χ0n) is 12.9. The fourth-order valence-corrected chi connectivity index (χ4v) is 2.52. The van der Waals surface area contributed by atoms with Gasteiger partial charge in [0.1, 0.15) is 12.7 Å². The van der Waals surface area contributed by atoms with Crippen molar-refractivity contribution in [2.75, 3.05) is 20.3 Å². The van der Waals surface area contributed by atoms with E-state index < -0.39 is 12.7 Å². The van der Waals surface area contributed by atoms with Gasteiger partial charge in [0.2, 0.25) is 0 Å². The number of aliphatic hydroxyl groups is 2. The lowest BCUT2D eigenvalue weighted by molar-refractivity contribution is -0.591. The van der Waals surface area contributed by atoms with Gasteiger partial charge < -0.3 is 30.1 Å². The van der Waals surface area contributed by atoms with Gasteiger partial charge in [-0.25, -0.2) is 0 Å². The smallest absolute Gasteiger partial charge is 0.332 e. The molecule has 126 valence electrons. The summed E-state index contributed by atoms with van der Waals surface area (Å²) in [6.07, 6.45) is -1.08. The van der Waals surface area contributed by atoms with Gasteiger partial charge in [-0.05, 0) is 12.1 Å². The second kappa shape index (κ2) is 6.34. The number of hydrogen-bond donors (Lipinski definition) is 2. The predicted molar refractivity (Wildman–Crippen MR) is 84.5 cm³/mol. The van der Waals surface area contributed by atoms with Gasteiger partial charge in [-0.15, -0.1) is 0 Å². The first kappa shape index (κ1) is 16.0. The molecule has 0 aliphatic carbocycles. The molecule has 0 aliphatic rings. The molecule has 1 atom stereocenters. The number of nitrogens with zero attached hydrogens (tertiary/aromatic N) is 2. The van der Waals surface area contributed by atoms with E-state index in [4.69, 9.17) is 14.6 Å². The Bertz CT molecular complexity index is 899. The van der Waals surface area contributed by atoms with Crippen LogP contribution in [-0.2, 0) is 0 Å². The van der Waals surface area contributed by atoms with Gasteiger partial charge in [-0.2, -0.15) is 9.46 Å². The van der Waals surface area contributed by atoms with E-state index in [1.54, 1.807) is 18.2 Å². The average molecular weight is 332 g/mol. The van der Waals surface area contributed by atoms with E-state index in [-0.39, 0.29) is 40.2 Å². The van der Waals surface area contributed by atoms with E-state index in [2.05, 4.69) is 0 Å². The van der Waals surface area contributed by atoms with Crippen molar-refractivity contribution >= 4 is 22.1 Å². The summed E-state index contributed by atoms with van der Waals surface area (Å²) in [5, 5.41) is 43.7. The number of fused-ring (bicyclic) bond motifs is 2. The van der Waals surface area contributed by atoms with Crippen LogP contribution in [0.4, 0.5) is 0 Å². The minimum atomic E-state index is -1.08. The molecule has 1 aromatic heterocycles. The van der Waals surface area contributed by atoms with Crippen molar-refractivity contribution < 1.29 is 29.1 Å². The predicted octanol–water partition coefficient (Wildman–Crippen LogP) is 0.000400. The van der Waals surface area contributed by atoms with Gasteiger partial charge in [0.05, 0.1) is 13.7 Å². The first-order valence-corrected chi connectivity index (χ1v) is 7.24. The van der Waals surface area contributed by atoms with Crippen molar-refractivity contribution in [2.24, 2.45) is 0 Å². The topological polar surface area (TPSA) is 113 Å². The lowest BCUT2D eigenvalue weighted by Gasteiger charge is -2.13. The van der Waals surface area contributed by atoms with Crippen LogP contribution in [0, 0.1) is 10.4 Å². The molecule has 8 nitrogen and oxygen atoms in total. The Labute approximate surface area is 136 Å². The number of ether oxygens (including phenoxy) is 2. The Morgan fingerprint density at radius 2 is 1.54 bits per heavy atom. The third kappa shape index (κ3) is 2.51. The summed E-state index contributed by atoms with van der Waals surface area (Å²) in [5.74, 6) is 0.431. The van der Waals surface area contributed by atoms with Gasteiger partial charge >= 0.3 is 11.0 Å². The molecule has 2 aromatic carbocycles. The highest BCUT2D eigenvalue weighted by molar-refractivity contribution is 5.83. The summed E-state index contributed by atoms with van der Waals surface area (Å²) in [6, 6.07) is 9.31. The van der Waals surface area contributed by atoms with Crippen LogP contribution in [-0.4, -0.2) is 36.6 Å². The van der Waals surface area contributed by atoms with Crippen LogP contribution < -0.4 is 18.9 Å². The molecule has 0 saturated heterocycles. The van der Waals surface area contributed by atoms with E-state index in [9.17, 15) is 15.5 Å². The highest BCUT2D eigenvalue weighted by Gasteiger charge is 2.27. The number of methoxy groups -OCH3 is 1. The Balaban J connectivity index is 2.28. The number of rotatable bonds is 5. The van der Waals surface area contributed by atoms with Crippen LogP contribution in [0.2, 0.25) is 0 Å². The van der Waals surface area contributed by atoms with Gasteiger partial charge in [-0.1, -0.05) is 12.1 Å². The Hall–Kier alpha value is -2.84. The fourth-order valence-electron chi connectivity index (χ4n) is 2.52. The third-order valence-electron chi connectivity index (χ3n) is 3.66. The van der Waals surface area contributed by atoms with E-state index >= 15 is 0 Å². The number of para-hydroxylation sites is 2. The van der Waals surface area contributed by atoms with Gasteiger partial charge in [0.25, 0.3) is 11.0 Å². The normalized spacial score (nSPS) is 12.5. The van der Waals surface area contributed by atoms with Crippen molar-refractivity contribution in [1.29, 1.82) is 0 Å². The molecule has 3 aromatic rings. The molecular formula is C16H16N2O6. The first-order chi connectivity index (χ1) is 11.6. The van der Waals surface area contributed by atoms with Crippen molar-refractivity contribution in [3.05, 3.63) is 46.8 Å². The summed E-state index contributed by atoms with van der Waals surface area (Å²) in [6.45, 7) is -0.672. The van der Waals surface area contributed by atoms with Crippen LogP contribution in [0.15, 0.2) is 36.4 Å². The van der Waals surface area contributed by atoms with Crippen LogP contribution >= 0.6 is 0 Å². The second-order valence-electron chi connectivity index (χ2n) is 5.19. The summed E-state index contributed by atoms with van der Waals surface area (Å²) in [5.41, 5.74) is 0.405. The molecule has 0 amide bonds. The van der Waals surface area contributed by atoms with Crippen LogP contribution in [0.5, 0.6) is 11.5 Å². The highest BCUT2D eigenvalue weighted by atomic mass is 16.5. The largest absolute Gasteiger partial charge is 0.617 e. The maximum atomic E-state index is 12.8. The zero-order valence-corrected chi connectivity index (χ0v) is 12.9. The molecule has 8 heteroatoms. The molecule has 0 radical (unpaired) electrons. The molecule has 0 bridgehead atoms. The molecule has 3 rings (SSSR count). The SMILES string of the molecule is COc1cccc2c1[n+]([O-])c1cccc(OCC(O)CO)c1[n+]2[O-]. The molecule has 0 saturated carbocycles. The molecule has 0 fully saturated rings. The van der Waals surface area contributed by atoms with Crippen molar-refractivity contribution in [1.82, 2.24) is 0 Å². The maximum Gasteiger partial charge on any atom is 0.332 e. The number of aliphatic hydroxyl groups excluding tert-OH is 2. The Morgan fingerprint density at radius 1 is 1.00 bits per heavy atom. The lowest BCUT2D eigenvalue weighted by Crippen LogP contribution is -2.40. The summed E-state index contributed by atoms with van der Waals surface area (Å²) >= 11 is 0. The fraction of sp³-hybridized carbons (Fsp3) is 0.250. The lowest BCUT2D eigenvalue weighted by atomic mass is 10.2. The minimum Gasteiger partial charge on any atom is -0.617 e. The average Bonchev–Trinajstić information content (AvgIpc) is 2.63. The van der Waals surface area contributed by atoms with E-state index in [0.29, 0.717) is 9.46 Å². The van der Waals surface area contributed by atoms with Crippen LogP contribution in [0.3, 0.4) is 0 Å². The monoisotopic (exact) mass is 332 g/mol. The molecule has 2 N–H and O–H groups in total. The molecule has 1 unspecified atom stereocenters. The summed E-state index contributed by atoms with van der Waals surface area (Å²) in [7, 11) is 1.42. The Kier molecular flexibility index (Phi) is 4.24. The van der Waals surface area contributed by atoms with Gasteiger partial charge in [0.15, 0.2) is 11.5 Å². The molecule has 0 spiro atoms. The van der Waals surface area contributed by atoms with Crippen molar-refractivity contribution in [3.63, 3.8) is 0 Å². The molecule has 1 heterocycles. The number of benzene rings is 2. The molecular weight excluding hydrogens is 316 g/mol. The minimum absolute atomic E-state index is 0.0402. The molecule has 0 aliphatic heterocycles. The number of aromatic nitrogens is 2. The summed E-state index contributed by atoms with van der Waals surface area (Å²) < 4.78 is 11.8. The quantitative estimate of drug-likeness (QED) is 0.386. The van der Waals surface area contributed by atoms with Crippen LogP contribution in [0.1, 0.15) is 0 Å². The number of hydrogen-bond acceptors (Lipinski definition) is 6. The molecule has 24 heavy (non-hydrogen) atoms.